The zero-order valence-electron chi connectivity index (χ0n) is 17.1. The lowest BCUT2D eigenvalue weighted by atomic mass is 10.1. The molecule has 0 saturated carbocycles. The van der Waals surface area contributed by atoms with Gasteiger partial charge in [0.25, 0.3) is 0 Å². The molecule has 0 heterocycles. The minimum absolute atomic E-state index is 0.241. The molecule has 0 aromatic heterocycles. The Labute approximate surface area is 176 Å². The maximum Gasteiger partial charge on any atom is 0.243 e. The maximum atomic E-state index is 13.6. The molecule has 0 aliphatic carbocycles. The van der Waals surface area contributed by atoms with Crippen molar-refractivity contribution in [1.29, 1.82) is 0 Å². The van der Waals surface area contributed by atoms with Crippen molar-refractivity contribution in [2.75, 3.05) is 22.9 Å². The molecule has 0 aliphatic heterocycles. The van der Waals surface area contributed by atoms with Crippen LogP contribution in [0.25, 0.3) is 0 Å². The van der Waals surface area contributed by atoms with Gasteiger partial charge in [0.05, 0.1) is 11.9 Å². The summed E-state index contributed by atoms with van der Waals surface area (Å²) in [6.07, 6.45) is 1.09. The highest BCUT2D eigenvalue weighted by Crippen LogP contribution is 2.23. The number of nitrogens with one attached hydrogen (secondary N) is 1. The average Bonchev–Trinajstić information content (AvgIpc) is 2.64. The molecule has 1 N–H and O–H groups in total. The van der Waals surface area contributed by atoms with Crippen LogP contribution < -0.4 is 9.62 Å². The van der Waals surface area contributed by atoms with Gasteiger partial charge in [-0.1, -0.05) is 24.3 Å². The van der Waals surface area contributed by atoms with Gasteiger partial charge in [0.2, 0.25) is 15.9 Å². The van der Waals surface area contributed by atoms with Gasteiger partial charge < -0.3 is 5.32 Å². The Morgan fingerprint density at radius 1 is 1.17 bits per heavy atom. The average molecular weight is 439 g/mol. The van der Waals surface area contributed by atoms with Gasteiger partial charge in [-0.3, -0.25) is 9.10 Å². The Morgan fingerprint density at radius 2 is 1.86 bits per heavy atom. The van der Waals surface area contributed by atoms with Crippen molar-refractivity contribution in [3.63, 3.8) is 0 Å². The van der Waals surface area contributed by atoms with E-state index in [4.69, 9.17) is 0 Å². The molecular weight excluding hydrogens is 411 g/mol. The minimum atomic E-state index is -3.64. The molecule has 1 atom stereocenters. The Bertz CT molecular complexity index is 964. The van der Waals surface area contributed by atoms with Crippen molar-refractivity contribution in [3.8, 4) is 0 Å². The second kappa shape index (κ2) is 10.1. The number of hydrogen-bond acceptors (Lipinski definition) is 4. The van der Waals surface area contributed by atoms with Gasteiger partial charge in [0, 0.05) is 18.1 Å². The number of anilines is 1. The molecule has 2 rings (SSSR count). The number of benzene rings is 2. The Morgan fingerprint density at radius 3 is 2.48 bits per heavy atom. The first-order chi connectivity index (χ1) is 13.6. The Hall–Kier alpha value is -2.06. The van der Waals surface area contributed by atoms with Crippen LogP contribution >= 0.6 is 11.8 Å². The standard InChI is InChI=1S/C21H27FN2O3S2/c1-15-9-10-19(13-16(15)2)24(29(4,26)27)17(3)21(25)23-11-12-28-14-18-7-5-6-8-20(18)22/h5-10,13,17H,11-12,14H2,1-4H3,(H,23,25). The second-order valence-electron chi connectivity index (χ2n) is 6.94. The van der Waals surface area contributed by atoms with Gasteiger partial charge in [0.15, 0.2) is 0 Å². The van der Waals surface area contributed by atoms with E-state index >= 15 is 0 Å². The first-order valence-corrected chi connectivity index (χ1v) is 12.3. The van der Waals surface area contributed by atoms with Crippen molar-refractivity contribution in [3.05, 3.63) is 65.0 Å². The molecule has 2 aromatic carbocycles. The van der Waals surface area contributed by atoms with Crippen molar-refractivity contribution in [1.82, 2.24) is 5.32 Å². The molecule has 0 saturated heterocycles. The third-order valence-electron chi connectivity index (χ3n) is 4.59. The van der Waals surface area contributed by atoms with Gasteiger partial charge in [0.1, 0.15) is 11.9 Å². The highest BCUT2D eigenvalue weighted by molar-refractivity contribution is 7.98. The smallest absolute Gasteiger partial charge is 0.243 e. The molecule has 0 bridgehead atoms. The second-order valence-corrected chi connectivity index (χ2v) is 9.90. The number of thioether (sulfide) groups is 1. The molecule has 1 unspecified atom stereocenters. The van der Waals surface area contributed by atoms with Crippen LogP contribution in [0.15, 0.2) is 42.5 Å². The summed E-state index contributed by atoms with van der Waals surface area (Å²) in [6.45, 7) is 5.78. The highest BCUT2D eigenvalue weighted by Gasteiger charge is 2.29. The predicted molar refractivity (Wildman–Crippen MR) is 118 cm³/mol. The molecule has 158 valence electrons. The SMILES string of the molecule is Cc1ccc(N(C(C)C(=O)NCCSCc2ccccc2F)S(C)(=O)=O)cc1C. The molecule has 0 aliphatic rings. The van der Waals surface area contributed by atoms with Gasteiger partial charge in [-0.25, -0.2) is 12.8 Å². The van der Waals surface area contributed by atoms with Gasteiger partial charge in [-0.2, -0.15) is 11.8 Å². The molecule has 0 radical (unpaired) electrons. The number of nitrogens with zero attached hydrogens (tertiary/aromatic N) is 1. The fraction of sp³-hybridized carbons (Fsp3) is 0.381. The van der Waals surface area contributed by atoms with Crippen LogP contribution in [0, 0.1) is 19.7 Å². The molecule has 2 aromatic rings. The number of hydrogen-bond donors (Lipinski definition) is 1. The quantitative estimate of drug-likeness (QED) is 0.607. The van der Waals surface area contributed by atoms with E-state index in [1.807, 2.05) is 19.9 Å². The highest BCUT2D eigenvalue weighted by atomic mass is 32.2. The summed E-state index contributed by atoms with van der Waals surface area (Å²) >= 11 is 1.50. The fourth-order valence-electron chi connectivity index (χ4n) is 2.86. The monoisotopic (exact) mass is 438 g/mol. The predicted octanol–water partition coefficient (Wildman–Crippen LogP) is 3.65. The summed E-state index contributed by atoms with van der Waals surface area (Å²) in [5.41, 5.74) is 3.09. The normalized spacial score (nSPS) is 12.4. The van der Waals surface area contributed by atoms with Gasteiger partial charge in [-0.05, 0) is 55.7 Å². The van der Waals surface area contributed by atoms with Gasteiger partial charge in [-0.15, -0.1) is 0 Å². The molecule has 8 heteroatoms. The van der Waals surface area contributed by atoms with Crippen LogP contribution in [0.5, 0.6) is 0 Å². The van der Waals surface area contributed by atoms with Gasteiger partial charge >= 0.3 is 0 Å². The number of sulfonamides is 1. The maximum absolute atomic E-state index is 13.6. The first kappa shape index (κ1) is 23.2. The zero-order valence-corrected chi connectivity index (χ0v) is 18.7. The molecule has 29 heavy (non-hydrogen) atoms. The van der Waals surface area contributed by atoms with E-state index < -0.39 is 16.1 Å². The Balaban J connectivity index is 1.95. The van der Waals surface area contributed by atoms with E-state index in [2.05, 4.69) is 5.32 Å². The Kier molecular flexibility index (Phi) is 8.10. The summed E-state index contributed by atoms with van der Waals surface area (Å²) in [5.74, 6) is 0.487. The van der Waals surface area contributed by atoms with E-state index in [1.165, 1.54) is 17.8 Å². The number of aryl methyl sites for hydroxylation is 2. The molecule has 0 fully saturated rings. The lowest BCUT2D eigenvalue weighted by molar-refractivity contribution is -0.121. The summed E-state index contributed by atoms with van der Waals surface area (Å²) in [5, 5.41) is 2.77. The van der Waals surface area contributed by atoms with Crippen molar-refractivity contribution >= 4 is 33.4 Å². The largest absolute Gasteiger partial charge is 0.353 e. The number of carbonyl (C=O) groups excluding carboxylic acids is 1. The molecule has 1 amide bonds. The first-order valence-electron chi connectivity index (χ1n) is 9.26. The zero-order chi connectivity index (χ0) is 21.6. The van der Waals surface area contributed by atoms with Crippen LogP contribution in [0.2, 0.25) is 0 Å². The van der Waals surface area contributed by atoms with Crippen LogP contribution in [0.1, 0.15) is 23.6 Å². The third-order valence-corrected chi connectivity index (χ3v) is 6.84. The number of carbonyl (C=O) groups is 1. The van der Waals surface area contributed by atoms with Crippen LogP contribution in [-0.4, -0.2) is 38.9 Å². The number of halogens is 1. The van der Waals surface area contributed by atoms with E-state index in [0.717, 1.165) is 21.7 Å². The van der Waals surface area contributed by atoms with Crippen molar-refractivity contribution < 1.29 is 17.6 Å². The van der Waals surface area contributed by atoms with Crippen molar-refractivity contribution in [2.24, 2.45) is 0 Å². The summed E-state index contributed by atoms with van der Waals surface area (Å²) in [6, 6.07) is 11.0. The molecule has 5 nitrogen and oxygen atoms in total. The minimum Gasteiger partial charge on any atom is -0.353 e. The number of rotatable bonds is 9. The van der Waals surface area contributed by atoms with Crippen LogP contribution in [0.4, 0.5) is 10.1 Å². The van der Waals surface area contributed by atoms with Crippen molar-refractivity contribution in [2.45, 2.75) is 32.6 Å². The number of amides is 1. The van der Waals surface area contributed by atoms with E-state index in [1.54, 1.807) is 37.3 Å². The molecular formula is C21H27FN2O3S2. The van der Waals surface area contributed by atoms with E-state index in [9.17, 15) is 17.6 Å². The fourth-order valence-corrected chi connectivity index (χ4v) is 4.87. The lowest BCUT2D eigenvalue weighted by Gasteiger charge is -2.28. The van der Waals surface area contributed by atoms with Crippen LogP contribution in [-0.2, 0) is 20.6 Å². The summed E-state index contributed by atoms with van der Waals surface area (Å²) in [7, 11) is -3.64. The third kappa shape index (κ3) is 6.47. The lowest BCUT2D eigenvalue weighted by Crippen LogP contribution is -2.48. The van der Waals surface area contributed by atoms with E-state index in [-0.39, 0.29) is 11.7 Å². The topological polar surface area (TPSA) is 66.5 Å². The van der Waals surface area contributed by atoms with E-state index in [0.29, 0.717) is 29.3 Å². The molecule has 0 spiro atoms. The van der Waals surface area contributed by atoms with Crippen LogP contribution in [0.3, 0.4) is 0 Å². The summed E-state index contributed by atoms with van der Waals surface area (Å²) < 4.78 is 39.4. The summed E-state index contributed by atoms with van der Waals surface area (Å²) in [4.78, 5) is 12.6.